The summed E-state index contributed by atoms with van der Waals surface area (Å²) in [5.41, 5.74) is 2.58. The Morgan fingerprint density at radius 3 is 2.52 bits per heavy atom. The highest BCUT2D eigenvalue weighted by molar-refractivity contribution is 7.99. The van der Waals surface area contributed by atoms with Crippen LogP contribution in [0.3, 0.4) is 0 Å². The lowest BCUT2D eigenvalue weighted by molar-refractivity contribution is -0.119. The van der Waals surface area contributed by atoms with Crippen LogP contribution in [-0.2, 0) is 10.5 Å². The lowest BCUT2D eigenvalue weighted by atomic mass is 10.1. The van der Waals surface area contributed by atoms with Crippen molar-refractivity contribution in [3.05, 3.63) is 64.2 Å². The molecular formula is C21H24ClNO3S. The van der Waals surface area contributed by atoms with E-state index in [2.05, 4.69) is 5.32 Å². The zero-order valence-electron chi connectivity index (χ0n) is 15.8. The number of rotatable bonds is 9. The third-order valence-electron chi connectivity index (χ3n) is 4.01. The first-order valence-electron chi connectivity index (χ1n) is 8.80. The van der Waals surface area contributed by atoms with Crippen molar-refractivity contribution in [3.63, 3.8) is 0 Å². The molecule has 27 heavy (non-hydrogen) atoms. The summed E-state index contributed by atoms with van der Waals surface area (Å²) in [6, 6.07) is 12.8. The van der Waals surface area contributed by atoms with Gasteiger partial charge in [-0.15, -0.1) is 11.8 Å². The smallest absolute Gasteiger partial charge is 0.230 e. The van der Waals surface area contributed by atoms with E-state index >= 15 is 0 Å². The summed E-state index contributed by atoms with van der Waals surface area (Å²) in [7, 11) is 0. The van der Waals surface area contributed by atoms with Gasteiger partial charge in [-0.3, -0.25) is 9.59 Å². The highest BCUT2D eigenvalue weighted by Crippen LogP contribution is 2.25. The fourth-order valence-electron chi connectivity index (χ4n) is 2.58. The van der Waals surface area contributed by atoms with Gasteiger partial charge in [0.25, 0.3) is 0 Å². The van der Waals surface area contributed by atoms with Crippen LogP contribution in [0.1, 0.15) is 48.3 Å². The van der Waals surface area contributed by atoms with Crippen molar-refractivity contribution < 1.29 is 14.3 Å². The minimum Gasteiger partial charge on any atom is -0.494 e. The van der Waals surface area contributed by atoms with Crippen LogP contribution in [0, 0.1) is 0 Å². The second-order valence-corrected chi connectivity index (χ2v) is 7.57. The predicted octanol–water partition coefficient (Wildman–Crippen LogP) is 5.05. The first kappa shape index (κ1) is 21.3. The molecule has 0 spiro atoms. The zero-order chi connectivity index (χ0) is 19.8. The average Bonchev–Trinajstić information content (AvgIpc) is 2.63. The van der Waals surface area contributed by atoms with Gasteiger partial charge in [-0.2, -0.15) is 0 Å². The number of halogens is 1. The largest absolute Gasteiger partial charge is 0.494 e. The summed E-state index contributed by atoms with van der Waals surface area (Å²) in [5.74, 6) is 1.65. The number of Topliss-reactive ketones (excluding diaryl/α,β-unsaturated/α-hetero) is 1. The van der Waals surface area contributed by atoms with Crippen molar-refractivity contribution >= 4 is 35.1 Å². The molecule has 6 heteroatoms. The van der Waals surface area contributed by atoms with E-state index in [9.17, 15) is 9.59 Å². The molecule has 4 nitrogen and oxygen atoms in total. The summed E-state index contributed by atoms with van der Waals surface area (Å²) >= 11 is 7.38. The maximum absolute atomic E-state index is 12.2. The van der Waals surface area contributed by atoms with Gasteiger partial charge >= 0.3 is 0 Å². The Balaban J connectivity index is 1.91. The van der Waals surface area contributed by atoms with Gasteiger partial charge in [0.2, 0.25) is 5.91 Å². The van der Waals surface area contributed by atoms with Gasteiger partial charge in [0, 0.05) is 21.9 Å². The molecule has 0 saturated carbocycles. The number of carbonyl (C=O) groups excluding carboxylic acids is 2. The summed E-state index contributed by atoms with van der Waals surface area (Å²) in [6.45, 7) is 5.95. The standard InChI is InChI=1S/C21H24ClNO3S/c1-4-26-20-10-7-17(15(3)24)11-18(20)12-27-13-21(25)23-14(2)16-5-8-19(22)9-6-16/h5-11,14H,4,12-13H2,1-3H3,(H,23,25)/t14-/m0/s1. The van der Waals surface area contributed by atoms with E-state index in [0.29, 0.717) is 28.7 Å². The molecule has 0 aliphatic rings. The molecule has 0 aromatic heterocycles. The highest BCUT2D eigenvalue weighted by atomic mass is 35.5. The number of hydrogen-bond donors (Lipinski definition) is 1. The van der Waals surface area contributed by atoms with Crippen LogP contribution in [0.15, 0.2) is 42.5 Å². The van der Waals surface area contributed by atoms with Crippen LogP contribution >= 0.6 is 23.4 Å². The number of carbonyl (C=O) groups is 2. The molecule has 0 bridgehead atoms. The van der Waals surface area contributed by atoms with E-state index in [0.717, 1.165) is 16.9 Å². The Morgan fingerprint density at radius 1 is 1.19 bits per heavy atom. The van der Waals surface area contributed by atoms with Crippen LogP contribution in [-0.4, -0.2) is 24.1 Å². The van der Waals surface area contributed by atoms with Crippen molar-refractivity contribution in [2.75, 3.05) is 12.4 Å². The monoisotopic (exact) mass is 405 g/mol. The molecule has 0 heterocycles. The zero-order valence-corrected chi connectivity index (χ0v) is 17.3. The van der Waals surface area contributed by atoms with Gasteiger partial charge < -0.3 is 10.1 Å². The highest BCUT2D eigenvalue weighted by Gasteiger charge is 2.12. The molecule has 0 aliphatic carbocycles. The van der Waals surface area contributed by atoms with Crippen molar-refractivity contribution in [3.8, 4) is 5.75 Å². The molecule has 1 amide bonds. The number of benzene rings is 2. The predicted molar refractivity (Wildman–Crippen MR) is 112 cm³/mol. The maximum atomic E-state index is 12.2. The molecule has 0 radical (unpaired) electrons. The minimum absolute atomic E-state index is 0.0128. The van der Waals surface area contributed by atoms with Crippen molar-refractivity contribution in [2.45, 2.75) is 32.6 Å². The second-order valence-electron chi connectivity index (χ2n) is 6.15. The Kier molecular flexibility index (Phi) is 8.20. The molecule has 0 aliphatic heterocycles. The number of nitrogens with one attached hydrogen (secondary N) is 1. The maximum Gasteiger partial charge on any atom is 0.230 e. The number of ether oxygens (including phenoxy) is 1. The van der Waals surface area contributed by atoms with Crippen molar-refractivity contribution in [1.29, 1.82) is 0 Å². The summed E-state index contributed by atoms with van der Waals surface area (Å²) < 4.78 is 5.63. The van der Waals surface area contributed by atoms with Crippen molar-refractivity contribution in [2.24, 2.45) is 0 Å². The fraction of sp³-hybridized carbons (Fsp3) is 0.333. The molecule has 2 rings (SSSR count). The number of thioether (sulfide) groups is 1. The van der Waals surface area contributed by atoms with E-state index < -0.39 is 0 Å². The van der Waals surface area contributed by atoms with Gasteiger partial charge in [0.05, 0.1) is 18.4 Å². The van der Waals surface area contributed by atoms with E-state index in [1.807, 2.05) is 50.2 Å². The molecule has 1 atom stereocenters. The molecule has 1 N–H and O–H groups in total. The fourth-order valence-corrected chi connectivity index (χ4v) is 3.52. The van der Waals surface area contributed by atoms with Crippen LogP contribution < -0.4 is 10.1 Å². The number of amides is 1. The number of ketones is 1. The molecule has 2 aromatic rings. The Morgan fingerprint density at radius 2 is 1.89 bits per heavy atom. The van der Waals surface area contributed by atoms with Crippen LogP contribution in [0.5, 0.6) is 5.75 Å². The lowest BCUT2D eigenvalue weighted by Crippen LogP contribution is -2.28. The van der Waals surface area contributed by atoms with E-state index in [4.69, 9.17) is 16.3 Å². The SMILES string of the molecule is CCOc1ccc(C(C)=O)cc1CSCC(=O)N[C@@H](C)c1ccc(Cl)cc1. The van der Waals surface area contributed by atoms with Gasteiger partial charge in [0.1, 0.15) is 5.75 Å². The average molecular weight is 406 g/mol. The summed E-state index contributed by atoms with van der Waals surface area (Å²) in [5, 5.41) is 3.66. The summed E-state index contributed by atoms with van der Waals surface area (Å²) in [6.07, 6.45) is 0. The van der Waals surface area contributed by atoms with Crippen molar-refractivity contribution in [1.82, 2.24) is 5.32 Å². The van der Waals surface area contributed by atoms with E-state index in [1.54, 1.807) is 6.07 Å². The van der Waals surface area contributed by atoms with Crippen LogP contribution in [0.4, 0.5) is 0 Å². The normalized spacial score (nSPS) is 11.7. The second kappa shape index (κ2) is 10.4. The third-order valence-corrected chi connectivity index (χ3v) is 5.24. The minimum atomic E-state index is -0.0876. The molecule has 144 valence electrons. The Bertz CT molecular complexity index is 793. The molecular weight excluding hydrogens is 382 g/mol. The Hall–Kier alpha value is -1.98. The Labute approximate surface area is 169 Å². The number of hydrogen-bond acceptors (Lipinski definition) is 4. The van der Waals surface area contributed by atoms with E-state index in [-0.39, 0.29) is 17.7 Å². The molecule has 0 fully saturated rings. The lowest BCUT2D eigenvalue weighted by Gasteiger charge is -2.15. The topological polar surface area (TPSA) is 55.4 Å². The molecule has 0 unspecified atom stereocenters. The van der Waals surface area contributed by atoms with E-state index in [1.165, 1.54) is 18.7 Å². The first-order valence-corrected chi connectivity index (χ1v) is 10.3. The first-order chi connectivity index (χ1) is 12.9. The van der Waals surface area contributed by atoms with Crippen LogP contribution in [0.25, 0.3) is 0 Å². The van der Waals surface area contributed by atoms with Gasteiger partial charge in [0.15, 0.2) is 5.78 Å². The molecule has 2 aromatic carbocycles. The summed E-state index contributed by atoms with van der Waals surface area (Å²) in [4.78, 5) is 23.8. The van der Waals surface area contributed by atoms with Crippen LogP contribution in [0.2, 0.25) is 5.02 Å². The van der Waals surface area contributed by atoms with Gasteiger partial charge in [-0.05, 0) is 56.7 Å². The van der Waals surface area contributed by atoms with Gasteiger partial charge in [-0.1, -0.05) is 23.7 Å². The molecule has 0 saturated heterocycles. The third kappa shape index (κ3) is 6.60. The van der Waals surface area contributed by atoms with Gasteiger partial charge in [-0.25, -0.2) is 0 Å². The quantitative estimate of drug-likeness (QED) is 0.593.